The Morgan fingerprint density at radius 1 is 1.10 bits per heavy atom. The highest BCUT2D eigenvalue weighted by atomic mass is 16.5. The molecule has 0 aliphatic carbocycles. The first-order valence-corrected chi connectivity index (χ1v) is 6.77. The first-order valence-electron chi connectivity index (χ1n) is 6.77. The van der Waals surface area contributed by atoms with E-state index in [0.29, 0.717) is 0 Å². The van der Waals surface area contributed by atoms with Crippen LogP contribution in [-0.4, -0.2) is 20.8 Å². The number of furan rings is 1. The second-order valence-electron chi connectivity index (χ2n) is 4.59. The lowest BCUT2D eigenvalue weighted by atomic mass is 10.0. The second kappa shape index (κ2) is 7.01. The lowest BCUT2D eigenvalue weighted by molar-refractivity contribution is 0.392. The summed E-state index contributed by atoms with van der Waals surface area (Å²) in [5.41, 5.74) is 2.19. The average molecular weight is 275 g/mol. The normalized spacial score (nSPS) is 12.2. The van der Waals surface area contributed by atoms with Gasteiger partial charge in [-0.2, -0.15) is 0 Å². The van der Waals surface area contributed by atoms with Crippen LogP contribution in [0.5, 0.6) is 11.5 Å². The van der Waals surface area contributed by atoms with E-state index in [-0.39, 0.29) is 6.04 Å². The fourth-order valence-corrected chi connectivity index (χ4v) is 2.15. The highest BCUT2D eigenvalue weighted by Gasteiger charge is 2.16. The molecule has 0 bridgehead atoms. The zero-order valence-corrected chi connectivity index (χ0v) is 12.2. The molecule has 1 N–H and O–H groups in total. The summed E-state index contributed by atoms with van der Waals surface area (Å²) >= 11 is 0. The molecule has 0 saturated heterocycles. The molecule has 1 aromatic heterocycles. The van der Waals surface area contributed by atoms with Gasteiger partial charge in [-0.1, -0.05) is 6.92 Å². The van der Waals surface area contributed by atoms with Crippen molar-refractivity contribution in [2.24, 2.45) is 0 Å². The van der Waals surface area contributed by atoms with E-state index < -0.39 is 0 Å². The van der Waals surface area contributed by atoms with Gasteiger partial charge in [-0.25, -0.2) is 0 Å². The molecule has 0 fully saturated rings. The molecule has 0 saturated carbocycles. The number of hydrogen-bond acceptors (Lipinski definition) is 4. The molecule has 2 rings (SSSR count). The molecule has 1 aromatic carbocycles. The maximum absolute atomic E-state index is 5.34. The van der Waals surface area contributed by atoms with Crippen LogP contribution in [0.2, 0.25) is 0 Å². The molecule has 0 radical (unpaired) electrons. The first kappa shape index (κ1) is 14.5. The van der Waals surface area contributed by atoms with Crippen molar-refractivity contribution in [3.05, 3.63) is 47.9 Å². The van der Waals surface area contributed by atoms with Gasteiger partial charge in [-0.3, -0.25) is 0 Å². The van der Waals surface area contributed by atoms with Crippen LogP contribution in [0.15, 0.2) is 41.2 Å². The Labute approximate surface area is 119 Å². The van der Waals surface area contributed by atoms with E-state index >= 15 is 0 Å². The number of nitrogens with one attached hydrogen (secondary N) is 1. The van der Waals surface area contributed by atoms with Gasteiger partial charge < -0.3 is 19.2 Å². The largest absolute Gasteiger partial charge is 0.497 e. The predicted octanol–water partition coefficient (Wildman–Crippen LogP) is 3.39. The quantitative estimate of drug-likeness (QED) is 0.841. The van der Waals surface area contributed by atoms with Gasteiger partial charge in [0.15, 0.2) is 0 Å². The summed E-state index contributed by atoms with van der Waals surface area (Å²) in [6.45, 7) is 3.07. The maximum atomic E-state index is 5.34. The van der Waals surface area contributed by atoms with Crippen LogP contribution in [0.1, 0.15) is 30.5 Å². The van der Waals surface area contributed by atoms with Crippen molar-refractivity contribution in [3.63, 3.8) is 0 Å². The number of methoxy groups -OCH3 is 2. The zero-order chi connectivity index (χ0) is 14.4. The van der Waals surface area contributed by atoms with Crippen LogP contribution >= 0.6 is 0 Å². The van der Waals surface area contributed by atoms with Crippen LogP contribution in [0, 0.1) is 0 Å². The maximum Gasteiger partial charge on any atom is 0.122 e. The summed E-state index contributed by atoms with van der Waals surface area (Å²) < 4.78 is 15.9. The van der Waals surface area contributed by atoms with E-state index in [4.69, 9.17) is 13.9 Å². The Morgan fingerprint density at radius 3 is 2.30 bits per heavy atom. The van der Waals surface area contributed by atoms with E-state index in [2.05, 4.69) is 12.2 Å². The van der Waals surface area contributed by atoms with E-state index in [9.17, 15) is 0 Å². The van der Waals surface area contributed by atoms with Crippen LogP contribution < -0.4 is 14.8 Å². The molecule has 0 amide bonds. The van der Waals surface area contributed by atoms with Crippen LogP contribution in [0.4, 0.5) is 0 Å². The molecule has 20 heavy (non-hydrogen) atoms. The molecule has 0 aliphatic heterocycles. The molecule has 4 nitrogen and oxygen atoms in total. The van der Waals surface area contributed by atoms with E-state index in [0.717, 1.165) is 35.6 Å². The summed E-state index contributed by atoms with van der Waals surface area (Å²) in [7, 11) is 3.32. The van der Waals surface area contributed by atoms with Gasteiger partial charge in [0.1, 0.15) is 11.5 Å². The second-order valence-corrected chi connectivity index (χ2v) is 4.59. The fraction of sp³-hybridized carbons (Fsp3) is 0.375. The lowest BCUT2D eigenvalue weighted by Gasteiger charge is -2.19. The average Bonchev–Trinajstić information content (AvgIpc) is 3.01. The fourth-order valence-electron chi connectivity index (χ4n) is 2.15. The lowest BCUT2D eigenvalue weighted by Crippen LogP contribution is -2.22. The minimum absolute atomic E-state index is 0.0673. The van der Waals surface area contributed by atoms with E-state index in [1.807, 2.05) is 24.3 Å². The van der Waals surface area contributed by atoms with Gasteiger partial charge in [0.05, 0.1) is 32.8 Å². The Balaban J connectivity index is 2.37. The summed E-state index contributed by atoms with van der Waals surface area (Å²) in [6.07, 6.45) is 4.52. The van der Waals surface area contributed by atoms with Crippen molar-refractivity contribution in [1.82, 2.24) is 5.32 Å². The van der Waals surface area contributed by atoms with Crippen molar-refractivity contribution < 1.29 is 13.9 Å². The van der Waals surface area contributed by atoms with Gasteiger partial charge in [0.25, 0.3) is 0 Å². The third-order valence-corrected chi connectivity index (χ3v) is 3.18. The topological polar surface area (TPSA) is 43.6 Å². The van der Waals surface area contributed by atoms with Gasteiger partial charge in [0.2, 0.25) is 0 Å². The molecule has 1 unspecified atom stereocenters. The zero-order valence-electron chi connectivity index (χ0n) is 12.2. The third kappa shape index (κ3) is 3.33. The standard InChI is InChI=1S/C16H21NO3/c1-4-6-17-16(12-5-7-20-11-12)13-8-14(18-2)10-15(9-13)19-3/h5,7-11,16-17H,4,6H2,1-3H3. The number of benzene rings is 1. The summed E-state index contributed by atoms with van der Waals surface area (Å²) in [5.74, 6) is 1.57. The number of ether oxygens (including phenoxy) is 2. The van der Waals surface area contributed by atoms with Crippen LogP contribution in [0.25, 0.3) is 0 Å². The first-order chi connectivity index (χ1) is 9.78. The SMILES string of the molecule is CCCNC(c1ccoc1)c1cc(OC)cc(OC)c1. The molecule has 0 spiro atoms. The molecule has 4 heteroatoms. The van der Waals surface area contributed by atoms with Crippen LogP contribution in [-0.2, 0) is 0 Å². The minimum atomic E-state index is 0.0673. The van der Waals surface area contributed by atoms with Crippen LogP contribution in [0.3, 0.4) is 0 Å². The molecular formula is C16H21NO3. The minimum Gasteiger partial charge on any atom is -0.497 e. The Bertz CT molecular complexity index is 500. The summed E-state index contributed by atoms with van der Waals surface area (Å²) in [4.78, 5) is 0. The van der Waals surface area contributed by atoms with Gasteiger partial charge in [-0.05, 0) is 36.7 Å². The van der Waals surface area contributed by atoms with Crippen molar-refractivity contribution >= 4 is 0 Å². The smallest absolute Gasteiger partial charge is 0.122 e. The Kier molecular flexibility index (Phi) is 5.07. The molecule has 1 heterocycles. The van der Waals surface area contributed by atoms with Gasteiger partial charge in [0, 0.05) is 11.6 Å². The van der Waals surface area contributed by atoms with Crippen molar-refractivity contribution in [2.45, 2.75) is 19.4 Å². The van der Waals surface area contributed by atoms with Crippen molar-refractivity contribution in [2.75, 3.05) is 20.8 Å². The highest BCUT2D eigenvalue weighted by Crippen LogP contribution is 2.30. The monoisotopic (exact) mass is 275 g/mol. The summed E-state index contributed by atoms with van der Waals surface area (Å²) in [6, 6.07) is 7.94. The Morgan fingerprint density at radius 2 is 1.80 bits per heavy atom. The molecule has 2 aromatic rings. The van der Waals surface area contributed by atoms with Gasteiger partial charge >= 0.3 is 0 Å². The Hall–Kier alpha value is -1.94. The third-order valence-electron chi connectivity index (χ3n) is 3.18. The predicted molar refractivity (Wildman–Crippen MR) is 78.4 cm³/mol. The van der Waals surface area contributed by atoms with Crippen molar-refractivity contribution in [1.29, 1.82) is 0 Å². The number of hydrogen-bond donors (Lipinski definition) is 1. The summed E-state index contributed by atoms with van der Waals surface area (Å²) in [5, 5.41) is 3.52. The highest BCUT2D eigenvalue weighted by molar-refractivity contribution is 5.42. The molecule has 0 aliphatic rings. The molecule has 108 valence electrons. The molecular weight excluding hydrogens is 254 g/mol. The van der Waals surface area contributed by atoms with Gasteiger partial charge in [-0.15, -0.1) is 0 Å². The van der Waals surface area contributed by atoms with E-state index in [1.54, 1.807) is 26.7 Å². The molecule has 1 atom stereocenters. The van der Waals surface area contributed by atoms with E-state index in [1.165, 1.54) is 0 Å². The van der Waals surface area contributed by atoms with Crippen molar-refractivity contribution in [3.8, 4) is 11.5 Å². The number of rotatable bonds is 7.